The maximum absolute atomic E-state index is 6.41. The normalized spacial score (nSPS) is 17.3. The summed E-state index contributed by atoms with van der Waals surface area (Å²) >= 11 is 1.84. The molecule has 6 aromatic rings. The van der Waals surface area contributed by atoms with Gasteiger partial charge in [-0.25, -0.2) is 0 Å². The first kappa shape index (κ1) is 21.2. The summed E-state index contributed by atoms with van der Waals surface area (Å²) in [7, 11) is -0.454. The summed E-state index contributed by atoms with van der Waals surface area (Å²) in [6, 6.07) is 28.0. The summed E-state index contributed by atoms with van der Waals surface area (Å²) in [4.78, 5) is 0. The Morgan fingerprint density at radius 1 is 0.657 bits per heavy atom. The van der Waals surface area contributed by atoms with Gasteiger partial charge in [0.1, 0.15) is 11.2 Å². The van der Waals surface area contributed by atoms with Gasteiger partial charge in [0.2, 0.25) is 0 Å². The molecule has 0 bridgehead atoms. The fraction of sp³-hybridized carbons (Fsp3) is 0.200. The first-order chi connectivity index (χ1) is 16.8. The molecule has 1 aliphatic rings. The monoisotopic (exact) mass is 476 g/mol. The topological polar surface area (TPSA) is 31.6 Å². The van der Waals surface area contributed by atoms with Crippen molar-refractivity contribution in [3.8, 4) is 11.1 Å². The molecule has 1 aliphatic heterocycles. The lowest BCUT2D eigenvalue weighted by atomic mass is 9.77. The van der Waals surface area contributed by atoms with Crippen molar-refractivity contribution in [3.63, 3.8) is 0 Å². The molecule has 35 heavy (non-hydrogen) atoms. The zero-order chi connectivity index (χ0) is 23.9. The SMILES string of the molecule is CC1(C)OB(c2cc(-c3ccc4c(c3)sc3ccccc34)c3c(c2)oc2ccccc23)OC1(C)C. The number of benzene rings is 4. The predicted octanol–water partition coefficient (Wildman–Crippen LogP) is 7.92. The van der Waals surface area contributed by atoms with Crippen LogP contribution in [0.25, 0.3) is 53.2 Å². The smallest absolute Gasteiger partial charge is 0.456 e. The summed E-state index contributed by atoms with van der Waals surface area (Å²) < 4.78 is 21.8. The second-order valence-electron chi connectivity index (χ2n) is 10.4. The molecule has 0 amide bonds. The van der Waals surface area contributed by atoms with Crippen LogP contribution in [-0.2, 0) is 9.31 Å². The van der Waals surface area contributed by atoms with Crippen molar-refractivity contribution in [1.82, 2.24) is 0 Å². The number of fused-ring (bicyclic) bond motifs is 6. The molecule has 3 heterocycles. The minimum Gasteiger partial charge on any atom is -0.456 e. The standard InChI is InChI=1S/C30H25BO3S/c1-29(2)30(3,4)34-31(33-29)19-16-23(28-22-10-5-7-11-24(22)32-25(28)17-19)18-13-14-21-20-9-6-8-12-26(20)35-27(21)15-18/h5-17H,1-4H3. The molecular formula is C30H25BO3S. The van der Waals surface area contributed by atoms with E-state index in [4.69, 9.17) is 13.7 Å². The molecular weight excluding hydrogens is 451 g/mol. The highest BCUT2D eigenvalue weighted by molar-refractivity contribution is 7.25. The van der Waals surface area contributed by atoms with Crippen LogP contribution in [0.1, 0.15) is 27.7 Å². The van der Waals surface area contributed by atoms with Crippen molar-refractivity contribution in [2.24, 2.45) is 0 Å². The van der Waals surface area contributed by atoms with E-state index in [2.05, 4.69) is 94.4 Å². The zero-order valence-electron chi connectivity index (χ0n) is 20.2. The van der Waals surface area contributed by atoms with Crippen molar-refractivity contribution in [3.05, 3.63) is 78.9 Å². The predicted molar refractivity (Wildman–Crippen MR) is 148 cm³/mol. The number of hydrogen-bond acceptors (Lipinski definition) is 4. The fourth-order valence-corrected chi connectivity index (χ4v) is 6.26. The highest BCUT2D eigenvalue weighted by Gasteiger charge is 2.51. The Labute approximate surface area is 208 Å². The van der Waals surface area contributed by atoms with Gasteiger partial charge < -0.3 is 13.7 Å². The van der Waals surface area contributed by atoms with Crippen LogP contribution in [0.3, 0.4) is 0 Å². The van der Waals surface area contributed by atoms with Gasteiger partial charge in [-0.15, -0.1) is 11.3 Å². The number of hydrogen-bond donors (Lipinski definition) is 0. The number of thiophene rings is 1. The maximum atomic E-state index is 6.41. The molecule has 5 heteroatoms. The summed E-state index contributed by atoms with van der Waals surface area (Å²) in [5, 5.41) is 4.85. The Hall–Kier alpha value is -3.12. The van der Waals surface area contributed by atoms with Gasteiger partial charge in [-0.2, -0.15) is 0 Å². The lowest BCUT2D eigenvalue weighted by Crippen LogP contribution is -2.41. The van der Waals surface area contributed by atoms with Gasteiger partial charge in [-0.1, -0.05) is 54.6 Å². The zero-order valence-corrected chi connectivity index (χ0v) is 21.0. The van der Waals surface area contributed by atoms with E-state index in [-0.39, 0.29) is 0 Å². The van der Waals surface area contributed by atoms with E-state index >= 15 is 0 Å². The van der Waals surface area contributed by atoms with Crippen molar-refractivity contribution in [2.75, 3.05) is 0 Å². The van der Waals surface area contributed by atoms with Crippen LogP contribution in [0.4, 0.5) is 0 Å². The van der Waals surface area contributed by atoms with Crippen LogP contribution in [0.5, 0.6) is 0 Å². The third-order valence-electron chi connectivity index (χ3n) is 7.72. The number of furan rings is 1. The van der Waals surface area contributed by atoms with Crippen LogP contribution < -0.4 is 5.46 Å². The summed E-state index contributed by atoms with van der Waals surface area (Å²) in [5.74, 6) is 0. The minimum absolute atomic E-state index is 0.406. The third-order valence-corrected chi connectivity index (χ3v) is 8.85. The maximum Gasteiger partial charge on any atom is 0.494 e. The molecule has 0 unspecified atom stereocenters. The summed E-state index contributed by atoms with van der Waals surface area (Å²) in [6.45, 7) is 8.35. The highest BCUT2D eigenvalue weighted by Crippen LogP contribution is 2.41. The van der Waals surface area contributed by atoms with Crippen molar-refractivity contribution >= 4 is 66.0 Å². The molecule has 1 saturated heterocycles. The second-order valence-corrected chi connectivity index (χ2v) is 11.5. The van der Waals surface area contributed by atoms with Gasteiger partial charge in [0, 0.05) is 30.9 Å². The summed E-state index contributed by atoms with van der Waals surface area (Å²) in [5.41, 5.74) is 4.20. The molecule has 0 atom stereocenters. The molecule has 0 radical (unpaired) electrons. The van der Waals surface area contributed by atoms with Crippen LogP contribution in [-0.4, -0.2) is 18.3 Å². The van der Waals surface area contributed by atoms with E-state index in [1.165, 1.54) is 25.7 Å². The van der Waals surface area contributed by atoms with E-state index in [1.807, 2.05) is 23.5 Å². The molecule has 0 aliphatic carbocycles. The van der Waals surface area contributed by atoms with E-state index in [0.717, 1.165) is 33.0 Å². The Bertz CT molecular complexity index is 1760. The summed E-state index contributed by atoms with van der Waals surface area (Å²) in [6.07, 6.45) is 0. The Kier molecular flexibility index (Phi) is 4.36. The van der Waals surface area contributed by atoms with Gasteiger partial charge >= 0.3 is 7.12 Å². The second kappa shape index (κ2) is 7.20. The van der Waals surface area contributed by atoms with Crippen LogP contribution in [0.15, 0.2) is 83.3 Å². The van der Waals surface area contributed by atoms with Gasteiger partial charge in [0.15, 0.2) is 0 Å². The quantitative estimate of drug-likeness (QED) is 0.238. The van der Waals surface area contributed by atoms with Gasteiger partial charge in [0.05, 0.1) is 11.2 Å². The first-order valence-electron chi connectivity index (χ1n) is 12.0. The van der Waals surface area contributed by atoms with Gasteiger partial charge in [-0.05, 0) is 68.6 Å². The van der Waals surface area contributed by atoms with Crippen LogP contribution in [0, 0.1) is 0 Å². The van der Waals surface area contributed by atoms with Gasteiger partial charge in [-0.3, -0.25) is 0 Å². The molecule has 2 aromatic heterocycles. The highest BCUT2D eigenvalue weighted by atomic mass is 32.1. The molecule has 7 rings (SSSR count). The van der Waals surface area contributed by atoms with Crippen LogP contribution >= 0.6 is 11.3 Å². The Morgan fingerprint density at radius 3 is 2.14 bits per heavy atom. The van der Waals surface area contributed by atoms with E-state index < -0.39 is 18.3 Å². The molecule has 4 aromatic carbocycles. The average Bonchev–Trinajstić information content (AvgIpc) is 3.46. The number of rotatable bonds is 2. The van der Waals surface area contributed by atoms with Crippen molar-refractivity contribution in [1.29, 1.82) is 0 Å². The molecule has 0 spiro atoms. The fourth-order valence-electron chi connectivity index (χ4n) is 5.11. The van der Waals surface area contributed by atoms with E-state index in [1.54, 1.807) is 0 Å². The minimum atomic E-state index is -0.454. The first-order valence-corrected chi connectivity index (χ1v) is 12.8. The molecule has 0 saturated carbocycles. The molecule has 0 N–H and O–H groups in total. The average molecular weight is 476 g/mol. The van der Waals surface area contributed by atoms with Gasteiger partial charge in [0.25, 0.3) is 0 Å². The lowest BCUT2D eigenvalue weighted by molar-refractivity contribution is 0.00578. The van der Waals surface area contributed by atoms with Crippen molar-refractivity contribution < 1.29 is 13.7 Å². The van der Waals surface area contributed by atoms with E-state index in [0.29, 0.717) is 0 Å². The van der Waals surface area contributed by atoms with E-state index in [9.17, 15) is 0 Å². The Morgan fingerprint density at radius 2 is 1.34 bits per heavy atom. The Balaban J connectivity index is 1.48. The third kappa shape index (κ3) is 3.12. The largest absolute Gasteiger partial charge is 0.494 e. The lowest BCUT2D eigenvalue weighted by Gasteiger charge is -2.32. The molecule has 1 fully saturated rings. The molecule has 3 nitrogen and oxygen atoms in total. The molecule has 172 valence electrons. The van der Waals surface area contributed by atoms with Crippen molar-refractivity contribution in [2.45, 2.75) is 38.9 Å². The number of para-hydroxylation sites is 1. The van der Waals surface area contributed by atoms with Crippen LogP contribution in [0.2, 0.25) is 0 Å².